The van der Waals surface area contributed by atoms with E-state index in [2.05, 4.69) is 27.8 Å². The highest BCUT2D eigenvalue weighted by Crippen LogP contribution is 2.38. The van der Waals surface area contributed by atoms with Crippen molar-refractivity contribution in [1.82, 2.24) is 9.62 Å². The molecular weight excluding hydrogens is 388 g/mol. The first-order chi connectivity index (χ1) is 14.1. The Hall–Kier alpha value is -1.15. The van der Waals surface area contributed by atoms with Gasteiger partial charge in [-0.15, -0.1) is 0 Å². The van der Waals surface area contributed by atoms with E-state index in [4.69, 9.17) is 9.47 Å². The molecule has 0 aromatic heterocycles. The molecule has 1 saturated carbocycles. The molecule has 162 valence electrons. The number of para-hydroxylation sites is 1. The number of nitrogens with one attached hydrogen (secondary N) is 1. The van der Waals surface area contributed by atoms with Crippen LogP contribution in [0.4, 0.5) is 0 Å². The molecule has 0 radical (unpaired) electrons. The van der Waals surface area contributed by atoms with E-state index in [-0.39, 0.29) is 23.9 Å². The third-order valence-corrected chi connectivity index (χ3v) is 8.20. The lowest BCUT2D eigenvalue weighted by molar-refractivity contribution is -0.0284. The molecule has 5 rings (SSSR count). The largest absolute Gasteiger partial charge is 0.492 e. The molecule has 1 N–H and O–H groups in total. The van der Waals surface area contributed by atoms with Crippen molar-refractivity contribution in [2.75, 3.05) is 32.1 Å². The van der Waals surface area contributed by atoms with Crippen molar-refractivity contribution >= 4 is 10.0 Å². The topological polar surface area (TPSA) is 67.9 Å². The molecule has 2 bridgehead atoms. The Kier molecular flexibility index (Phi) is 6.79. The van der Waals surface area contributed by atoms with Gasteiger partial charge in [0.05, 0.1) is 18.5 Å². The highest BCUT2D eigenvalue weighted by atomic mass is 32.2. The monoisotopic (exact) mass is 422 g/mol. The van der Waals surface area contributed by atoms with Crippen molar-refractivity contribution in [3.8, 4) is 5.75 Å². The smallest absolute Gasteiger partial charge is 0.211 e. The van der Waals surface area contributed by atoms with E-state index in [9.17, 15) is 8.42 Å². The van der Waals surface area contributed by atoms with Gasteiger partial charge in [-0.1, -0.05) is 18.2 Å². The molecule has 2 atom stereocenters. The molecule has 0 unspecified atom stereocenters. The number of fused-ring (bicyclic) bond motifs is 5. The quantitative estimate of drug-likeness (QED) is 0.811. The molecule has 3 aliphatic heterocycles. The number of sulfonamides is 1. The molecule has 1 saturated heterocycles. The van der Waals surface area contributed by atoms with Crippen molar-refractivity contribution in [3.63, 3.8) is 0 Å². The van der Waals surface area contributed by atoms with Crippen LogP contribution >= 0.6 is 0 Å². The van der Waals surface area contributed by atoms with Gasteiger partial charge < -0.3 is 9.47 Å². The summed E-state index contributed by atoms with van der Waals surface area (Å²) in [6.07, 6.45) is 6.45. The lowest BCUT2D eigenvalue weighted by atomic mass is 9.82. The van der Waals surface area contributed by atoms with Crippen LogP contribution in [-0.4, -0.2) is 63.6 Å². The van der Waals surface area contributed by atoms with Crippen LogP contribution in [0.15, 0.2) is 24.3 Å². The van der Waals surface area contributed by atoms with Gasteiger partial charge in [0.2, 0.25) is 10.0 Å². The molecule has 0 amide bonds. The number of nitrogens with zero attached hydrogens (tertiary/aromatic N) is 1. The molecule has 1 aromatic carbocycles. The summed E-state index contributed by atoms with van der Waals surface area (Å²) >= 11 is 0. The van der Waals surface area contributed by atoms with E-state index >= 15 is 0 Å². The third kappa shape index (κ3) is 5.13. The standard InChI is InChI=1S/C22H34N2O4S/c1-2-29(25,26)23-20-7-5-13-24-14-15-27-22-8-4-3-6-19(22)17-9-11-18(12-10-17)28-16-21(20)24/h3-4,6,8,17-18,20-21,23H,2,5,7,9-16H2,1H3/t17-,18+,20-,21-/m0/s1. The number of hydrogen-bond acceptors (Lipinski definition) is 5. The molecule has 7 heteroatoms. The summed E-state index contributed by atoms with van der Waals surface area (Å²) in [5, 5.41) is 0. The average molecular weight is 423 g/mol. The van der Waals surface area contributed by atoms with Crippen molar-refractivity contribution < 1.29 is 17.9 Å². The Morgan fingerprint density at radius 1 is 1.10 bits per heavy atom. The van der Waals surface area contributed by atoms with Gasteiger partial charge in [0.15, 0.2) is 0 Å². The number of hydrogen-bond donors (Lipinski definition) is 1. The first-order valence-electron chi connectivity index (χ1n) is 11.1. The summed E-state index contributed by atoms with van der Waals surface area (Å²) < 4.78 is 40.0. The van der Waals surface area contributed by atoms with Crippen LogP contribution in [-0.2, 0) is 14.8 Å². The lowest BCUT2D eigenvalue weighted by Crippen LogP contribution is -2.58. The molecule has 6 nitrogen and oxygen atoms in total. The summed E-state index contributed by atoms with van der Waals surface area (Å²) in [5.41, 5.74) is 1.33. The van der Waals surface area contributed by atoms with Crippen LogP contribution in [0.3, 0.4) is 0 Å². The maximum atomic E-state index is 12.2. The Morgan fingerprint density at radius 3 is 2.69 bits per heavy atom. The van der Waals surface area contributed by atoms with Gasteiger partial charge in [-0.05, 0) is 69.5 Å². The second-order valence-electron chi connectivity index (χ2n) is 8.57. The number of benzene rings is 1. The summed E-state index contributed by atoms with van der Waals surface area (Å²) in [5.74, 6) is 1.66. The first kappa shape index (κ1) is 21.1. The van der Waals surface area contributed by atoms with E-state index in [1.54, 1.807) is 6.92 Å². The normalized spacial score (nSPS) is 31.5. The zero-order valence-corrected chi connectivity index (χ0v) is 18.2. The molecular formula is C22H34N2O4S. The molecule has 3 heterocycles. The zero-order chi connectivity index (χ0) is 20.3. The van der Waals surface area contributed by atoms with E-state index < -0.39 is 10.0 Å². The van der Waals surface area contributed by atoms with E-state index in [0.717, 1.165) is 57.4 Å². The second-order valence-corrected chi connectivity index (χ2v) is 10.6. The Labute approximate surface area is 175 Å². The van der Waals surface area contributed by atoms with Gasteiger partial charge in [0, 0.05) is 18.6 Å². The van der Waals surface area contributed by atoms with E-state index in [0.29, 0.717) is 19.1 Å². The number of piperidine rings is 1. The molecule has 1 aliphatic carbocycles. The minimum Gasteiger partial charge on any atom is -0.492 e. The van der Waals surface area contributed by atoms with E-state index in [1.807, 2.05) is 6.07 Å². The fraction of sp³-hybridized carbons (Fsp3) is 0.727. The molecule has 4 aliphatic rings. The van der Waals surface area contributed by atoms with Crippen molar-refractivity contribution in [2.45, 2.75) is 69.6 Å². The maximum Gasteiger partial charge on any atom is 0.211 e. The molecule has 29 heavy (non-hydrogen) atoms. The maximum absolute atomic E-state index is 12.2. The zero-order valence-electron chi connectivity index (χ0n) is 17.4. The summed E-state index contributed by atoms with van der Waals surface area (Å²) in [7, 11) is -3.24. The van der Waals surface area contributed by atoms with Gasteiger partial charge in [0.25, 0.3) is 0 Å². The Bertz CT molecular complexity index is 777. The van der Waals surface area contributed by atoms with Crippen LogP contribution in [0, 0.1) is 0 Å². The van der Waals surface area contributed by atoms with Crippen molar-refractivity contribution in [3.05, 3.63) is 29.8 Å². The van der Waals surface area contributed by atoms with Crippen LogP contribution in [0.1, 0.15) is 56.9 Å². The van der Waals surface area contributed by atoms with Crippen LogP contribution in [0.2, 0.25) is 0 Å². The van der Waals surface area contributed by atoms with Gasteiger partial charge in [0.1, 0.15) is 12.4 Å². The fourth-order valence-electron chi connectivity index (χ4n) is 5.07. The van der Waals surface area contributed by atoms with Gasteiger partial charge >= 0.3 is 0 Å². The third-order valence-electron chi connectivity index (χ3n) is 6.78. The predicted octanol–water partition coefficient (Wildman–Crippen LogP) is 2.89. The highest BCUT2D eigenvalue weighted by molar-refractivity contribution is 7.89. The van der Waals surface area contributed by atoms with E-state index in [1.165, 1.54) is 5.56 Å². The van der Waals surface area contributed by atoms with Gasteiger partial charge in [-0.25, -0.2) is 13.1 Å². The Balaban J connectivity index is 1.55. The number of ether oxygens (including phenoxy) is 2. The van der Waals surface area contributed by atoms with Crippen LogP contribution < -0.4 is 9.46 Å². The molecule has 0 spiro atoms. The first-order valence-corrected chi connectivity index (χ1v) is 12.8. The summed E-state index contributed by atoms with van der Waals surface area (Å²) in [6.45, 7) is 4.61. The average Bonchev–Trinajstić information content (AvgIpc) is 2.75. The Morgan fingerprint density at radius 2 is 1.90 bits per heavy atom. The number of rotatable bonds is 3. The fourth-order valence-corrected chi connectivity index (χ4v) is 5.98. The van der Waals surface area contributed by atoms with Gasteiger partial charge in [-0.3, -0.25) is 4.90 Å². The minimum absolute atomic E-state index is 0.0578. The SMILES string of the molecule is CCS(=O)(=O)N[C@H]1CCCN2CCOc3ccccc3[C@H]3CC[C@H](CC3)OC[C@@H]12. The molecule has 1 aromatic rings. The van der Waals surface area contributed by atoms with Crippen LogP contribution in [0.5, 0.6) is 5.75 Å². The van der Waals surface area contributed by atoms with Crippen LogP contribution in [0.25, 0.3) is 0 Å². The minimum atomic E-state index is -3.24. The summed E-state index contributed by atoms with van der Waals surface area (Å²) in [6, 6.07) is 8.41. The summed E-state index contributed by atoms with van der Waals surface area (Å²) in [4.78, 5) is 2.36. The second kappa shape index (κ2) is 9.33. The predicted molar refractivity (Wildman–Crippen MR) is 114 cm³/mol. The van der Waals surface area contributed by atoms with Gasteiger partial charge in [-0.2, -0.15) is 0 Å². The van der Waals surface area contributed by atoms with Crippen molar-refractivity contribution in [1.29, 1.82) is 0 Å². The molecule has 2 fully saturated rings. The van der Waals surface area contributed by atoms with Crippen molar-refractivity contribution in [2.24, 2.45) is 0 Å². The lowest BCUT2D eigenvalue weighted by Gasteiger charge is -2.42. The highest BCUT2D eigenvalue weighted by Gasteiger charge is 2.35.